The third-order valence-electron chi connectivity index (χ3n) is 4.23. The van der Waals surface area contributed by atoms with Crippen LogP contribution in [0.1, 0.15) is 0 Å². The van der Waals surface area contributed by atoms with Gasteiger partial charge in [-0.15, -0.1) is 0 Å². The number of aromatic amines is 1. The molecule has 0 bridgehead atoms. The minimum Gasteiger partial charge on any atom is -0.355 e. The lowest BCUT2D eigenvalue weighted by Gasteiger charge is -2.09. The molecular weight excluding hydrogens is 406 g/mol. The van der Waals surface area contributed by atoms with Gasteiger partial charge in [-0.2, -0.15) is 0 Å². The van der Waals surface area contributed by atoms with Crippen molar-refractivity contribution in [2.45, 2.75) is 4.90 Å². The molecule has 0 aliphatic rings. The first-order chi connectivity index (χ1) is 13.3. The van der Waals surface area contributed by atoms with E-state index >= 15 is 0 Å². The molecule has 0 amide bonds. The third-order valence-corrected chi connectivity index (χ3v) is 5.85. The van der Waals surface area contributed by atoms with Gasteiger partial charge in [-0.25, -0.2) is 17.2 Å². The van der Waals surface area contributed by atoms with Crippen LogP contribution in [0.4, 0.5) is 14.5 Å². The van der Waals surface area contributed by atoms with Gasteiger partial charge < -0.3 is 4.98 Å². The number of hydrogen-bond donors (Lipinski definition) is 2. The molecule has 0 spiro atoms. The van der Waals surface area contributed by atoms with Gasteiger partial charge in [-0.1, -0.05) is 23.7 Å². The first-order valence-corrected chi connectivity index (χ1v) is 10.0. The van der Waals surface area contributed by atoms with Crippen molar-refractivity contribution in [1.82, 2.24) is 4.98 Å². The molecule has 0 radical (unpaired) electrons. The third kappa shape index (κ3) is 3.58. The highest BCUT2D eigenvalue weighted by Crippen LogP contribution is 2.27. The van der Waals surface area contributed by atoms with Gasteiger partial charge in [-0.05, 0) is 60.2 Å². The number of halogens is 3. The lowest BCUT2D eigenvalue weighted by molar-refractivity contribution is 0.504. The van der Waals surface area contributed by atoms with Crippen LogP contribution in [0.15, 0.2) is 71.6 Å². The minimum atomic E-state index is -4.03. The number of rotatable bonds is 4. The SMILES string of the molecule is O=S(=O)(Nc1ccc(-c2cc3cc(Cl)ccc3[nH]2)cc1)c1ccc(F)c(F)c1. The van der Waals surface area contributed by atoms with E-state index in [0.717, 1.165) is 34.3 Å². The van der Waals surface area contributed by atoms with E-state index < -0.39 is 21.7 Å². The van der Waals surface area contributed by atoms with Gasteiger partial charge in [0.15, 0.2) is 11.6 Å². The summed E-state index contributed by atoms with van der Waals surface area (Å²) in [6.07, 6.45) is 0. The van der Waals surface area contributed by atoms with E-state index in [1.54, 1.807) is 30.3 Å². The smallest absolute Gasteiger partial charge is 0.261 e. The highest BCUT2D eigenvalue weighted by atomic mass is 35.5. The highest BCUT2D eigenvalue weighted by molar-refractivity contribution is 7.92. The molecule has 142 valence electrons. The Labute approximate surface area is 164 Å². The zero-order valence-electron chi connectivity index (χ0n) is 14.2. The van der Waals surface area contributed by atoms with Gasteiger partial charge in [0, 0.05) is 27.3 Å². The van der Waals surface area contributed by atoms with Crippen LogP contribution in [0, 0.1) is 11.6 Å². The maximum atomic E-state index is 13.3. The molecule has 1 heterocycles. The number of benzene rings is 3. The van der Waals surface area contributed by atoms with Crippen molar-refractivity contribution in [3.63, 3.8) is 0 Å². The zero-order valence-corrected chi connectivity index (χ0v) is 15.8. The van der Waals surface area contributed by atoms with Crippen LogP contribution in [-0.2, 0) is 10.0 Å². The molecule has 28 heavy (non-hydrogen) atoms. The van der Waals surface area contributed by atoms with Crippen molar-refractivity contribution in [2.24, 2.45) is 0 Å². The van der Waals surface area contributed by atoms with E-state index in [4.69, 9.17) is 11.6 Å². The standard InChI is InChI=1S/C20H13ClF2N2O2S/c21-14-3-8-19-13(9-14)10-20(24-19)12-1-4-15(5-2-12)25-28(26,27)16-6-7-17(22)18(23)11-16/h1-11,24-25H. The summed E-state index contributed by atoms with van der Waals surface area (Å²) in [5, 5.41) is 1.60. The normalized spacial score (nSPS) is 11.7. The highest BCUT2D eigenvalue weighted by Gasteiger charge is 2.17. The molecular formula is C20H13ClF2N2O2S. The molecule has 0 saturated carbocycles. The second-order valence-corrected chi connectivity index (χ2v) is 8.29. The summed E-state index contributed by atoms with van der Waals surface area (Å²) in [6.45, 7) is 0. The van der Waals surface area contributed by atoms with Crippen LogP contribution in [0.2, 0.25) is 5.02 Å². The van der Waals surface area contributed by atoms with Crippen LogP contribution < -0.4 is 4.72 Å². The lowest BCUT2D eigenvalue weighted by atomic mass is 10.1. The molecule has 0 saturated heterocycles. The second-order valence-electron chi connectivity index (χ2n) is 6.17. The molecule has 0 aliphatic carbocycles. The second kappa shape index (κ2) is 6.92. The Balaban J connectivity index is 1.59. The summed E-state index contributed by atoms with van der Waals surface area (Å²) in [7, 11) is -4.03. The van der Waals surface area contributed by atoms with Gasteiger partial charge in [0.25, 0.3) is 10.0 Å². The molecule has 0 unspecified atom stereocenters. The molecule has 2 N–H and O–H groups in total. The van der Waals surface area contributed by atoms with Crippen molar-refractivity contribution >= 4 is 38.2 Å². The molecule has 0 aliphatic heterocycles. The van der Waals surface area contributed by atoms with Crippen molar-refractivity contribution in [2.75, 3.05) is 4.72 Å². The molecule has 8 heteroatoms. The van der Waals surface area contributed by atoms with Gasteiger partial charge in [0.2, 0.25) is 0 Å². The number of anilines is 1. The maximum Gasteiger partial charge on any atom is 0.261 e. The van der Waals surface area contributed by atoms with Crippen molar-refractivity contribution in [1.29, 1.82) is 0 Å². The Kier molecular flexibility index (Phi) is 4.56. The fraction of sp³-hybridized carbons (Fsp3) is 0. The van der Waals surface area contributed by atoms with E-state index in [1.807, 2.05) is 18.2 Å². The molecule has 4 aromatic rings. The number of H-pyrrole nitrogens is 1. The fourth-order valence-corrected chi connectivity index (χ4v) is 4.09. The van der Waals surface area contributed by atoms with Gasteiger partial charge in [0.1, 0.15) is 0 Å². The molecule has 0 fully saturated rings. The molecule has 0 atom stereocenters. The van der Waals surface area contributed by atoms with E-state index in [0.29, 0.717) is 16.8 Å². The van der Waals surface area contributed by atoms with Gasteiger partial charge >= 0.3 is 0 Å². The van der Waals surface area contributed by atoms with Crippen molar-refractivity contribution in [3.05, 3.63) is 83.4 Å². The molecule has 4 rings (SSSR count). The summed E-state index contributed by atoms with van der Waals surface area (Å²) >= 11 is 6.00. The van der Waals surface area contributed by atoms with Crippen LogP contribution >= 0.6 is 11.6 Å². The fourth-order valence-electron chi connectivity index (χ4n) is 2.83. The van der Waals surface area contributed by atoms with Crippen LogP contribution in [0.25, 0.3) is 22.2 Å². The molecule has 3 aromatic carbocycles. The number of sulfonamides is 1. The quantitative estimate of drug-likeness (QED) is 0.455. The summed E-state index contributed by atoms with van der Waals surface area (Å²) in [5.41, 5.74) is 2.94. The first kappa shape index (κ1) is 18.5. The predicted octanol–water partition coefficient (Wildman–Crippen LogP) is 5.57. The Morgan fingerprint density at radius 2 is 1.61 bits per heavy atom. The average molecular weight is 419 g/mol. The lowest BCUT2D eigenvalue weighted by Crippen LogP contribution is -2.13. The summed E-state index contributed by atoms with van der Waals surface area (Å²) < 4.78 is 53.4. The number of hydrogen-bond acceptors (Lipinski definition) is 2. The average Bonchev–Trinajstić information content (AvgIpc) is 3.07. The molecule has 1 aromatic heterocycles. The topological polar surface area (TPSA) is 62.0 Å². The largest absolute Gasteiger partial charge is 0.355 e. The van der Waals surface area contributed by atoms with E-state index in [2.05, 4.69) is 9.71 Å². The zero-order chi connectivity index (χ0) is 19.9. The van der Waals surface area contributed by atoms with Crippen LogP contribution in [0.5, 0.6) is 0 Å². The number of aromatic nitrogens is 1. The predicted molar refractivity (Wildman–Crippen MR) is 106 cm³/mol. The first-order valence-electron chi connectivity index (χ1n) is 8.18. The van der Waals surface area contributed by atoms with Crippen LogP contribution in [0.3, 0.4) is 0 Å². The van der Waals surface area contributed by atoms with Gasteiger partial charge in [0.05, 0.1) is 4.90 Å². The Morgan fingerprint density at radius 3 is 2.32 bits per heavy atom. The maximum absolute atomic E-state index is 13.3. The van der Waals surface area contributed by atoms with E-state index in [1.165, 1.54) is 0 Å². The summed E-state index contributed by atoms with van der Waals surface area (Å²) in [4.78, 5) is 2.91. The summed E-state index contributed by atoms with van der Waals surface area (Å²) in [6, 6.07) is 16.6. The number of fused-ring (bicyclic) bond motifs is 1. The van der Waals surface area contributed by atoms with Gasteiger partial charge in [-0.3, -0.25) is 4.72 Å². The van der Waals surface area contributed by atoms with Crippen molar-refractivity contribution < 1.29 is 17.2 Å². The van der Waals surface area contributed by atoms with E-state index in [-0.39, 0.29) is 4.90 Å². The number of nitrogens with one attached hydrogen (secondary N) is 2. The molecule has 4 nitrogen and oxygen atoms in total. The van der Waals surface area contributed by atoms with E-state index in [9.17, 15) is 17.2 Å². The monoisotopic (exact) mass is 418 g/mol. The minimum absolute atomic E-state index is 0.299. The Hall–Kier alpha value is -2.90. The Morgan fingerprint density at radius 1 is 0.857 bits per heavy atom. The van der Waals surface area contributed by atoms with Crippen LogP contribution in [-0.4, -0.2) is 13.4 Å². The van der Waals surface area contributed by atoms with Crippen molar-refractivity contribution in [3.8, 4) is 11.3 Å². The Bertz CT molecular complexity index is 1290. The summed E-state index contributed by atoms with van der Waals surface area (Å²) in [5.74, 6) is -2.33.